The van der Waals surface area contributed by atoms with Gasteiger partial charge in [-0.05, 0) is 31.1 Å². The van der Waals surface area contributed by atoms with Gasteiger partial charge in [-0.1, -0.05) is 32.1 Å². The van der Waals surface area contributed by atoms with E-state index in [0.717, 1.165) is 0 Å². The molecule has 1 aromatic carbocycles. The van der Waals surface area contributed by atoms with E-state index in [1.54, 1.807) is 13.0 Å². The number of nitrogens with one attached hydrogen (secondary N) is 1. The summed E-state index contributed by atoms with van der Waals surface area (Å²) in [5.74, 6) is 1.02. The molecule has 92 valence electrons. The quantitative estimate of drug-likeness (QED) is 0.793. The Balaban J connectivity index is 2.73. The molecule has 3 nitrogen and oxygen atoms in total. The maximum absolute atomic E-state index is 11.4. The Morgan fingerprint density at radius 3 is 2.76 bits per heavy atom. The molecule has 0 aliphatic heterocycles. The van der Waals surface area contributed by atoms with Gasteiger partial charge in [0.2, 0.25) is 5.91 Å². The van der Waals surface area contributed by atoms with Crippen LogP contribution in [0.3, 0.4) is 0 Å². The van der Waals surface area contributed by atoms with E-state index in [0.29, 0.717) is 24.0 Å². The fraction of sp³-hybridized carbons (Fsp3) is 0.357. The Kier molecular flexibility index (Phi) is 5.27. The fourth-order valence-electron chi connectivity index (χ4n) is 1.28. The van der Waals surface area contributed by atoms with Gasteiger partial charge in [-0.25, -0.2) is 0 Å². The van der Waals surface area contributed by atoms with Gasteiger partial charge < -0.3 is 10.1 Å². The van der Waals surface area contributed by atoms with Crippen LogP contribution >= 0.6 is 0 Å². The van der Waals surface area contributed by atoms with Gasteiger partial charge in [0, 0.05) is 0 Å². The lowest BCUT2D eigenvalue weighted by Gasteiger charge is -2.13. The van der Waals surface area contributed by atoms with Crippen LogP contribution in [0.4, 0.5) is 5.69 Å². The van der Waals surface area contributed by atoms with Crippen molar-refractivity contribution in [2.75, 3.05) is 11.9 Å². The topological polar surface area (TPSA) is 38.3 Å². The second-order valence-electron chi connectivity index (χ2n) is 4.19. The van der Waals surface area contributed by atoms with Gasteiger partial charge in [0.25, 0.3) is 0 Å². The van der Waals surface area contributed by atoms with E-state index < -0.39 is 0 Å². The number of amides is 1. The third-order valence-corrected chi connectivity index (χ3v) is 2.04. The van der Waals surface area contributed by atoms with Crippen molar-refractivity contribution in [3.8, 4) is 5.75 Å². The number of carbonyl (C=O) groups is 1. The van der Waals surface area contributed by atoms with Gasteiger partial charge in [-0.2, -0.15) is 0 Å². The first kappa shape index (κ1) is 13.3. The summed E-state index contributed by atoms with van der Waals surface area (Å²) in [5, 5.41) is 2.78. The average molecular weight is 233 g/mol. The molecule has 1 N–H and O–H groups in total. The molecule has 0 radical (unpaired) electrons. The molecular weight excluding hydrogens is 214 g/mol. The van der Waals surface area contributed by atoms with Crippen molar-refractivity contribution >= 4 is 11.6 Å². The largest absolute Gasteiger partial charge is 0.491 e. The molecular formula is C14H19NO2. The number of rotatable bonds is 5. The van der Waals surface area contributed by atoms with Crippen LogP contribution in [0, 0.1) is 5.92 Å². The first-order chi connectivity index (χ1) is 8.13. The standard InChI is InChI=1S/C14H19NO2/c1-4-7-14(16)15-12-8-5-6-9-13(12)17-10-11(2)3/h4-9,11H,10H2,1-3H3,(H,15,16). The van der Waals surface area contributed by atoms with Crippen molar-refractivity contribution in [3.05, 3.63) is 36.4 Å². The molecule has 0 aliphatic carbocycles. The number of allylic oxidation sites excluding steroid dienone is 1. The molecule has 0 unspecified atom stereocenters. The maximum atomic E-state index is 11.4. The number of benzene rings is 1. The highest BCUT2D eigenvalue weighted by atomic mass is 16.5. The Morgan fingerprint density at radius 2 is 2.12 bits per heavy atom. The first-order valence-electron chi connectivity index (χ1n) is 5.79. The molecule has 0 fully saturated rings. The van der Waals surface area contributed by atoms with Gasteiger partial charge in [0.1, 0.15) is 5.75 Å². The molecule has 1 rings (SSSR count). The van der Waals surface area contributed by atoms with Crippen LogP contribution in [0.25, 0.3) is 0 Å². The molecule has 17 heavy (non-hydrogen) atoms. The minimum atomic E-state index is -0.145. The third kappa shape index (κ3) is 4.72. The molecule has 0 aromatic heterocycles. The summed E-state index contributed by atoms with van der Waals surface area (Å²) in [6, 6.07) is 7.44. The summed E-state index contributed by atoms with van der Waals surface area (Å²) in [6.45, 7) is 6.61. The van der Waals surface area contributed by atoms with Crippen molar-refractivity contribution in [2.24, 2.45) is 5.92 Å². The second kappa shape index (κ2) is 6.74. The fourth-order valence-corrected chi connectivity index (χ4v) is 1.28. The predicted molar refractivity (Wildman–Crippen MR) is 70.2 cm³/mol. The minimum absolute atomic E-state index is 0.145. The van der Waals surface area contributed by atoms with Crippen LogP contribution in [0.1, 0.15) is 20.8 Å². The van der Waals surface area contributed by atoms with Crippen LogP contribution in [-0.2, 0) is 4.79 Å². The van der Waals surface area contributed by atoms with Gasteiger partial charge in [0.15, 0.2) is 0 Å². The lowest BCUT2D eigenvalue weighted by molar-refractivity contribution is -0.111. The van der Waals surface area contributed by atoms with Crippen LogP contribution in [0.5, 0.6) is 5.75 Å². The van der Waals surface area contributed by atoms with Crippen molar-refractivity contribution in [1.29, 1.82) is 0 Å². The summed E-state index contributed by atoms with van der Waals surface area (Å²) in [6.07, 6.45) is 3.19. The number of para-hydroxylation sites is 2. The Labute approximate surface area is 102 Å². The molecule has 0 bridgehead atoms. The molecule has 1 amide bonds. The lowest BCUT2D eigenvalue weighted by atomic mass is 10.2. The zero-order chi connectivity index (χ0) is 12.7. The lowest BCUT2D eigenvalue weighted by Crippen LogP contribution is -2.11. The minimum Gasteiger partial charge on any atom is -0.491 e. The molecule has 0 heterocycles. The van der Waals surface area contributed by atoms with Crippen molar-refractivity contribution < 1.29 is 9.53 Å². The van der Waals surface area contributed by atoms with E-state index in [2.05, 4.69) is 19.2 Å². The highest BCUT2D eigenvalue weighted by Gasteiger charge is 2.05. The van der Waals surface area contributed by atoms with Crippen LogP contribution < -0.4 is 10.1 Å². The first-order valence-corrected chi connectivity index (χ1v) is 5.79. The van der Waals surface area contributed by atoms with Gasteiger partial charge >= 0.3 is 0 Å². The Bertz CT molecular complexity index is 397. The van der Waals surface area contributed by atoms with E-state index in [1.807, 2.05) is 24.3 Å². The third-order valence-electron chi connectivity index (χ3n) is 2.04. The molecule has 3 heteroatoms. The molecule has 0 saturated carbocycles. The summed E-state index contributed by atoms with van der Waals surface area (Å²) >= 11 is 0. The molecule has 0 aliphatic rings. The summed E-state index contributed by atoms with van der Waals surface area (Å²) in [7, 11) is 0. The summed E-state index contributed by atoms with van der Waals surface area (Å²) in [4.78, 5) is 11.4. The SMILES string of the molecule is CC=CC(=O)Nc1ccccc1OCC(C)C. The molecule has 0 spiro atoms. The highest BCUT2D eigenvalue weighted by Crippen LogP contribution is 2.24. The summed E-state index contributed by atoms with van der Waals surface area (Å²) in [5.41, 5.74) is 0.705. The Morgan fingerprint density at radius 1 is 1.41 bits per heavy atom. The number of hydrogen-bond donors (Lipinski definition) is 1. The monoisotopic (exact) mass is 233 g/mol. The summed E-state index contributed by atoms with van der Waals surface area (Å²) < 4.78 is 5.64. The zero-order valence-electron chi connectivity index (χ0n) is 10.6. The van der Waals surface area contributed by atoms with Crippen LogP contribution in [0.2, 0.25) is 0 Å². The van der Waals surface area contributed by atoms with E-state index >= 15 is 0 Å². The van der Waals surface area contributed by atoms with E-state index in [1.165, 1.54) is 6.08 Å². The second-order valence-corrected chi connectivity index (χ2v) is 4.19. The predicted octanol–water partition coefficient (Wildman–Crippen LogP) is 3.24. The molecule has 1 aromatic rings. The zero-order valence-corrected chi connectivity index (χ0v) is 10.6. The number of ether oxygens (including phenoxy) is 1. The Hall–Kier alpha value is -1.77. The van der Waals surface area contributed by atoms with Gasteiger partial charge in [0.05, 0.1) is 12.3 Å². The smallest absolute Gasteiger partial charge is 0.248 e. The number of hydrogen-bond acceptors (Lipinski definition) is 2. The highest BCUT2D eigenvalue weighted by molar-refractivity contribution is 6.00. The van der Waals surface area contributed by atoms with Crippen LogP contribution in [-0.4, -0.2) is 12.5 Å². The van der Waals surface area contributed by atoms with E-state index in [4.69, 9.17) is 4.74 Å². The van der Waals surface area contributed by atoms with Crippen LogP contribution in [0.15, 0.2) is 36.4 Å². The van der Waals surface area contributed by atoms with Crippen molar-refractivity contribution in [1.82, 2.24) is 0 Å². The van der Waals surface area contributed by atoms with E-state index in [9.17, 15) is 4.79 Å². The van der Waals surface area contributed by atoms with Gasteiger partial charge in [-0.15, -0.1) is 0 Å². The number of anilines is 1. The average Bonchev–Trinajstić information content (AvgIpc) is 2.28. The van der Waals surface area contributed by atoms with Crippen molar-refractivity contribution in [3.63, 3.8) is 0 Å². The normalized spacial score (nSPS) is 10.8. The maximum Gasteiger partial charge on any atom is 0.248 e. The molecule has 0 saturated heterocycles. The number of carbonyl (C=O) groups excluding carboxylic acids is 1. The van der Waals surface area contributed by atoms with Crippen molar-refractivity contribution in [2.45, 2.75) is 20.8 Å². The van der Waals surface area contributed by atoms with E-state index in [-0.39, 0.29) is 5.91 Å². The van der Waals surface area contributed by atoms with Gasteiger partial charge in [-0.3, -0.25) is 4.79 Å². The molecule has 0 atom stereocenters.